The van der Waals surface area contributed by atoms with Gasteiger partial charge < -0.3 is 0 Å². The number of phosphoric acid groups is 1. The van der Waals surface area contributed by atoms with E-state index in [0.29, 0.717) is 13.2 Å². The average Bonchev–Trinajstić information content (AvgIpc) is 2.27. The van der Waals surface area contributed by atoms with Crippen LogP contribution in [0.5, 0.6) is 0 Å². The van der Waals surface area contributed by atoms with Crippen molar-refractivity contribution in [3.05, 3.63) is 11.6 Å². The van der Waals surface area contributed by atoms with Crippen molar-refractivity contribution in [3.63, 3.8) is 0 Å². The predicted octanol–water partition coefficient (Wildman–Crippen LogP) is 4.32. The number of phosphoric ester groups is 1. The highest BCUT2D eigenvalue weighted by molar-refractivity contribution is 7.48. The van der Waals surface area contributed by atoms with E-state index in [1.54, 1.807) is 13.8 Å². The minimum Gasteiger partial charge on any atom is -0.287 e. The molecule has 0 amide bonds. The van der Waals surface area contributed by atoms with E-state index in [-0.39, 0.29) is 6.61 Å². The Kier molecular flexibility index (Phi) is 9.75. The van der Waals surface area contributed by atoms with Crippen LogP contribution in [0.3, 0.4) is 0 Å². The highest BCUT2D eigenvalue weighted by Crippen LogP contribution is 2.49. The molecule has 0 N–H and O–H groups in total. The molecule has 0 heterocycles. The lowest BCUT2D eigenvalue weighted by Gasteiger charge is -2.15. The van der Waals surface area contributed by atoms with E-state index in [0.717, 1.165) is 12.8 Å². The molecular formula is C12H25O4P. The van der Waals surface area contributed by atoms with Gasteiger partial charge in [0.25, 0.3) is 0 Å². The lowest BCUT2D eigenvalue weighted by Crippen LogP contribution is -2.00. The molecule has 0 unspecified atom stereocenters. The molecule has 0 radical (unpaired) electrons. The van der Waals surface area contributed by atoms with E-state index in [1.807, 2.05) is 13.0 Å². The van der Waals surface area contributed by atoms with Crippen LogP contribution in [-0.2, 0) is 18.1 Å². The Morgan fingerprint density at radius 3 is 2.18 bits per heavy atom. The molecule has 0 aliphatic carbocycles. The third-order valence-corrected chi connectivity index (χ3v) is 3.78. The maximum atomic E-state index is 11.9. The van der Waals surface area contributed by atoms with E-state index < -0.39 is 7.82 Å². The van der Waals surface area contributed by atoms with Crippen LogP contribution in [0, 0.1) is 0 Å². The molecule has 0 spiro atoms. The van der Waals surface area contributed by atoms with Crippen LogP contribution in [0.4, 0.5) is 0 Å². The topological polar surface area (TPSA) is 44.8 Å². The molecule has 102 valence electrons. The summed E-state index contributed by atoms with van der Waals surface area (Å²) in [5.74, 6) is 0. The fourth-order valence-corrected chi connectivity index (χ4v) is 2.37. The minimum absolute atomic E-state index is 0.271. The van der Waals surface area contributed by atoms with Gasteiger partial charge in [0, 0.05) is 0 Å². The van der Waals surface area contributed by atoms with Gasteiger partial charge in [-0.1, -0.05) is 25.0 Å². The van der Waals surface area contributed by atoms with E-state index in [1.165, 1.54) is 12.0 Å². The summed E-state index contributed by atoms with van der Waals surface area (Å²) in [5.41, 5.74) is 1.24. The van der Waals surface area contributed by atoms with Gasteiger partial charge in [-0.25, -0.2) is 4.57 Å². The van der Waals surface area contributed by atoms with Crippen molar-refractivity contribution in [2.75, 3.05) is 19.8 Å². The van der Waals surface area contributed by atoms with Gasteiger partial charge in [-0.05, 0) is 33.6 Å². The Balaban J connectivity index is 4.08. The van der Waals surface area contributed by atoms with Crippen LogP contribution < -0.4 is 0 Å². The first kappa shape index (κ1) is 16.9. The van der Waals surface area contributed by atoms with Gasteiger partial charge in [0.15, 0.2) is 0 Å². The Morgan fingerprint density at radius 1 is 1.12 bits per heavy atom. The molecule has 0 saturated heterocycles. The monoisotopic (exact) mass is 264 g/mol. The van der Waals surface area contributed by atoms with Gasteiger partial charge in [-0.15, -0.1) is 0 Å². The Morgan fingerprint density at radius 2 is 1.71 bits per heavy atom. The summed E-state index contributed by atoms with van der Waals surface area (Å²) in [7, 11) is -3.35. The normalized spacial score (nSPS) is 13.1. The average molecular weight is 264 g/mol. The molecule has 0 fully saturated rings. The second kappa shape index (κ2) is 9.84. The van der Waals surface area contributed by atoms with E-state index >= 15 is 0 Å². The maximum Gasteiger partial charge on any atom is 0.475 e. The summed E-state index contributed by atoms with van der Waals surface area (Å²) in [6.45, 7) is 8.63. The predicted molar refractivity (Wildman–Crippen MR) is 70.1 cm³/mol. The van der Waals surface area contributed by atoms with Crippen molar-refractivity contribution < 1.29 is 18.1 Å². The third-order valence-electron chi connectivity index (χ3n) is 2.16. The number of hydrogen-bond donors (Lipinski definition) is 0. The van der Waals surface area contributed by atoms with Crippen LogP contribution >= 0.6 is 7.82 Å². The van der Waals surface area contributed by atoms with Crippen molar-refractivity contribution >= 4 is 7.82 Å². The summed E-state index contributed by atoms with van der Waals surface area (Å²) in [6.07, 6.45) is 5.31. The number of rotatable bonds is 10. The molecule has 5 heteroatoms. The second-order valence-electron chi connectivity index (χ2n) is 3.73. The highest BCUT2D eigenvalue weighted by Gasteiger charge is 2.24. The Bertz CT molecular complexity index is 253. The molecule has 17 heavy (non-hydrogen) atoms. The summed E-state index contributed by atoms with van der Waals surface area (Å²) in [5, 5.41) is 0. The zero-order chi connectivity index (χ0) is 13.1. The number of unbranched alkanes of at least 4 members (excludes halogenated alkanes) is 1. The van der Waals surface area contributed by atoms with Crippen LogP contribution in [-0.4, -0.2) is 19.8 Å². The van der Waals surface area contributed by atoms with E-state index in [9.17, 15) is 4.57 Å². The molecule has 0 aromatic carbocycles. The third kappa shape index (κ3) is 8.56. The quantitative estimate of drug-likeness (QED) is 0.435. The van der Waals surface area contributed by atoms with Crippen LogP contribution in [0.1, 0.15) is 47.0 Å². The molecule has 0 rings (SSSR count). The number of allylic oxidation sites excluding steroid dienone is 1. The lowest BCUT2D eigenvalue weighted by atomic mass is 10.1. The van der Waals surface area contributed by atoms with Gasteiger partial charge in [0.05, 0.1) is 19.8 Å². The zero-order valence-corrected chi connectivity index (χ0v) is 12.3. The van der Waals surface area contributed by atoms with E-state index in [4.69, 9.17) is 13.6 Å². The summed E-state index contributed by atoms with van der Waals surface area (Å²) < 4.78 is 27.1. The SMILES string of the molecule is CCCC/C(C)=C\COP(=O)(OCC)OCC. The fraction of sp³-hybridized carbons (Fsp3) is 0.833. The maximum absolute atomic E-state index is 11.9. The van der Waals surface area contributed by atoms with Gasteiger partial charge in [0.2, 0.25) is 0 Å². The minimum atomic E-state index is -3.35. The van der Waals surface area contributed by atoms with Crippen LogP contribution in [0.2, 0.25) is 0 Å². The molecule has 0 aliphatic heterocycles. The van der Waals surface area contributed by atoms with Gasteiger partial charge in [0.1, 0.15) is 0 Å². The summed E-state index contributed by atoms with van der Waals surface area (Å²) >= 11 is 0. The Hall–Kier alpha value is -0.150. The Labute approximate surface area is 105 Å². The molecule has 0 aliphatic rings. The van der Waals surface area contributed by atoms with Gasteiger partial charge in [-0.3, -0.25) is 13.6 Å². The lowest BCUT2D eigenvalue weighted by molar-refractivity contribution is 0.131. The van der Waals surface area contributed by atoms with Crippen LogP contribution in [0.25, 0.3) is 0 Å². The second-order valence-corrected chi connectivity index (χ2v) is 5.40. The largest absolute Gasteiger partial charge is 0.475 e. The van der Waals surface area contributed by atoms with Gasteiger partial charge in [-0.2, -0.15) is 0 Å². The molecule has 0 aromatic rings. The zero-order valence-electron chi connectivity index (χ0n) is 11.4. The standard InChI is InChI=1S/C12H25O4P/c1-5-8-9-12(4)10-11-16-17(13,14-6-2)15-7-3/h10H,5-9,11H2,1-4H3/b12-10-. The van der Waals surface area contributed by atoms with Crippen LogP contribution in [0.15, 0.2) is 11.6 Å². The van der Waals surface area contributed by atoms with Crippen molar-refractivity contribution in [2.24, 2.45) is 0 Å². The van der Waals surface area contributed by atoms with Crippen molar-refractivity contribution in [2.45, 2.75) is 47.0 Å². The smallest absolute Gasteiger partial charge is 0.287 e. The van der Waals surface area contributed by atoms with E-state index in [2.05, 4.69) is 6.92 Å². The summed E-state index contributed by atoms with van der Waals surface area (Å²) in [6, 6.07) is 0. The molecule has 0 aromatic heterocycles. The van der Waals surface area contributed by atoms with Crippen molar-refractivity contribution in [3.8, 4) is 0 Å². The number of hydrogen-bond acceptors (Lipinski definition) is 4. The van der Waals surface area contributed by atoms with Crippen molar-refractivity contribution in [1.29, 1.82) is 0 Å². The summed E-state index contributed by atoms with van der Waals surface area (Å²) in [4.78, 5) is 0. The van der Waals surface area contributed by atoms with Gasteiger partial charge >= 0.3 is 7.82 Å². The first-order valence-electron chi connectivity index (χ1n) is 6.27. The first-order chi connectivity index (χ1) is 8.08. The molecule has 0 bridgehead atoms. The first-order valence-corrected chi connectivity index (χ1v) is 7.73. The fourth-order valence-electron chi connectivity index (χ4n) is 1.26. The molecule has 0 saturated carbocycles. The highest BCUT2D eigenvalue weighted by atomic mass is 31.2. The molecule has 0 atom stereocenters. The molecule has 4 nitrogen and oxygen atoms in total. The van der Waals surface area contributed by atoms with Crippen molar-refractivity contribution in [1.82, 2.24) is 0 Å². The molecular weight excluding hydrogens is 239 g/mol.